The van der Waals surface area contributed by atoms with Gasteiger partial charge in [-0.05, 0) is 32.1 Å². The first-order chi connectivity index (χ1) is 10.7. The Labute approximate surface area is 165 Å². The first kappa shape index (κ1) is 25.9. The van der Waals surface area contributed by atoms with Crippen molar-refractivity contribution in [1.82, 2.24) is 0 Å². The van der Waals surface area contributed by atoms with Crippen LogP contribution >= 0.6 is 0 Å². The maximum atomic E-state index is 2.35. The molecule has 0 aliphatic carbocycles. The standard InChI is InChI=1S/C21H46N.HI/c1-5-9-13-14-15-16-17-21-22(18-10-6-2,19-11-7-3)20-12-8-4;/h5-21H2,1-4H3;1H/q+1;/p-1. The Morgan fingerprint density at radius 3 is 1.09 bits per heavy atom. The minimum Gasteiger partial charge on any atom is -1.00 e. The van der Waals surface area contributed by atoms with Gasteiger partial charge in [0, 0.05) is 0 Å². The molecule has 0 bridgehead atoms. The maximum Gasteiger partial charge on any atom is 0.0786 e. The highest BCUT2D eigenvalue weighted by atomic mass is 127. The molecule has 0 aliphatic rings. The zero-order valence-electron chi connectivity index (χ0n) is 16.8. The average Bonchev–Trinajstić information content (AvgIpc) is 2.55. The van der Waals surface area contributed by atoms with E-state index in [4.69, 9.17) is 0 Å². The van der Waals surface area contributed by atoms with Gasteiger partial charge in [-0.2, -0.15) is 0 Å². The monoisotopic (exact) mass is 439 g/mol. The summed E-state index contributed by atoms with van der Waals surface area (Å²) in [7, 11) is 0. The van der Waals surface area contributed by atoms with Crippen LogP contribution in [0.15, 0.2) is 0 Å². The quantitative estimate of drug-likeness (QED) is 0.183. The summed E-state index contributed by atoms with van der Waals surface area (Å²) in [5, 5.41) is 0. The largest absolute Gasteiger partial charge is 1.00 e. The lowest BCUT2D eigenvalue weighted by Gasteiger charge is -2.39. The van der Waals surface area contributed by atoms with Gasteiger partial charge < -0.3 is 28.5 Å². The van der Waals surface area contributed by atoms with Gasteiger partial charge in [0.25, 0.3) is 0 Å². The maximum absolute atomic E-state index is 2.35. The van der Waals surface area contributed by atoms with Crippen LogP contribution in [0, 0.1) is 0 Å². The number of halogens is 1. The van der Waals surface area contributed by atoms with E-state index in [1.807, 2.05) is 0 Å². The van der Waals surface area contributed by atoms with E-state index in [9.17, 15) is 0 Å². The first-order valence-corrected chi connectivity index (χ1v) is 10.6. The molecule has 0 N–H and O–H groups in total. The van der Waals surface area contributed by atoms with Gasteiger partial charge in [0.2, 0.25) is 0 Å². The molecule has 0 amide bonds. The third-order valence-electron chi connectivity index (χ3n) is 5.19. The van der Waals surface area contributed by atoms with Crippen molar-refractivity contribution < 1.29 is 28.5 Å². The summed E-state index contributed by atoms with van der Waals surface area (Å²) in [6.45, 7) is 15.1. The molecule has 0 heterocycles. The van der Waals surface area contributed by atoms with Crippen molar-refractivity contribution in [1.29, 1.82) is 0 Å². The molecule has 23 heavy (non-hydrogen) atoms. The summed E-state index contributed by atoms with van der Waals surface area (Å²) < 4.78 is 1.44. The molecule has 0 aromatic rings. The number of hydrogen-bond donors (Lipinski definition) is 0. The Morgan fingerprint density at radius 2 is 0.696 bits per heavy atom. The van der Waals surface area contributed by atoms with Crippen molar-refractivity contribution in [3.05, 3.63) is 0 Å². The first-order valence-electron chi connectivity index (χ1n) is 10.6. The molecule has 2 heteroatoms. The Balaban J connectivity index is 0. The van der Waals surface area contributed by atoms with Gasteiger partial charge in [0.05, 0.1) is 26.2 Å². The van der Waals surface area contributed by atoms with Gasteiger partial charge in [-0.15, -0.1) is 0 Å². The third kappa shape index (κ3) is 14.7. The van der Waals surface area contributed by atoms with Gasteiger partial charge in [0.15, 0.2) is 0 Å². The van der Waals surface area contributed by atoms with Crippen molar-refractivity contribution in [3.8, 4) is 0 Å². The van der Waals surface area contributed by atoms with Crippen LogP contribution in [0.4, 0.5) is 0 Å². The zero-order chi connectivity index (χ0) is 16.5. The van der Waals surface area contributed by atoms with Crippen LogP contribution in [-0.4, -0.2) is 30.7 Å². The number of unbranched alkanes of at least 4 members (excludes halogenated alkanes) is 9. The minimum absolute atomic E-state index is 0. The van der Waals surface area contributed by atoms with Gasteiger partial charge in [-0.3, -0.25) is 0 Å². The van der Waals surface area contributed by atoms with Gasteiger partial charge in [-0.25, -0.2) is 0 Å². The third-order valence-corrected chi connectivity index (χ3v) is 5.19. The van der Waals surface area contributed by atoms with E-state index in [-0.39, 0.29) is 24.0 Å². The molecule has 0 rings (SSSR count). The molecule has 0 spiro atoms. The summed E-state index contributed by atoms with van der Waals surface area (Å²) in [4.78, 5) is 0. The van der Waals surface area contributed by atoms with Crippen LogP contribution < -0.4 is 24.0 Å². The van der Waals surface area contributed by atoms with E-state index in [2.05, 4.69) is 27.7 Å². The van der Waals surface area contributed by atoms with Crippen molar-refractivity contribution in [2.45, 2.75) is 111 Å². The summed E-state index contributed by atoms with van der Waals surface area (Å²) in [5.74, 6) is 0. The minimum atomic E-state index is 0. The number of quaternary nitrogens is 1. The topological polar surface area (TPSA) is 0 Å². The Morgan fingerprint density at radius 1 is 0.391 bits per heavy atom. The highest BCUT2D eigenvalue weighted by molar-refractivity contribution is 4.51. The van der Waals surface area contributed by atoms with Crippen LogP contribution in [-0.2, 0) is 0 Å². The van der Waals surface area contributed by atoms with Crippen LogP contribution in [0.1, 0.15) is 111 Å². The van der Waals surface area contributed by atoms with Crippen molar-refractivity contribution in [2.75, 3.05) is 26.2 Å². The Bertz CT molecular complexity index is 196. The van der Waals surface area contributed by atoms with Crippen molar-refractivity contribution >= 4 is 0 Å². The summed E-state index contributed by atoms with van der Waals surface area (Å²) in [6.07, 6.45) is 18.4. The molecule has 0 saturated carbocycles. The van der Waals surface area contributed by atoms with E-state index >= 15 is 0 Å². The lowest BCUT2D eigenvalue weighted by molar-refractivity contribution is -0.929. The van der Waals surface area contributed by atoms with Gasteiger partial charge >= 0.3 is 0 Å². The molecule has 0 aromatic heterocycles. The zero-order valence-corrected chi connectivity index (χ0v) is 19.0. The number of hydrogen-bond acceptors (Lipinski definition) is 0. The van der Waals surface area contributed by atoms with Crippen molar-refractivity contribution in [3.63, 3.8) is 0 Å². The molecule has 0 fully saturated rings. The van der Waals surface area contributed by atoms with Crippen molar-refractivity contribution in [2.24, 2.45) is 0 Å². The Kier molecular flexibility index (Phi) is 21.4. The average molecular weight is 440 g/mol. The van der Waals surface area contributed by atoms with Gasteiger partial charge in [0.1, 0.15) is 0 Å². The second-order valence-electron chi connectivity index (χ2n) is 7.42. The molecular formula is C21H46IN. The highest BCUT2D eigenvalue weighted by Crippen LogP contribution is 2.17. The van der Waals surface area contributed by atoms with E-state index in [0.717, 1.165) is 0 Å². The highest BCUT2D eigenvalue weighted by Gasteiger charge is 2.24. The fourth-order valence-electron chi connectivity index (χ4n) is 3.56. The van der Waals surface area contributed by atoms with Crippen LogP contribution in [0.5, 0.6) is 0 Å². The number of rotatable bonds is 17. The fourth-order valence-corrected chi connectivity index (χ4v) is 3.56. The smallest absolute Gasteiger partial charge is 0.0786 e. The molecule has 0 atom stereocenters. The van der Waals surface area contributed by atoms with E-state index in [1.54, 1.807) is 0 Å². The van der Waals surface area contributed by atoms with Crippen LogP contribution in [0.2, 0.25) is 0 Å². The molecule has 0 unspecified atom stereocenters. The second-order valence-corrected chi connectivity index (χ2v) is 7.42. The molecule has 142 valence electrons. The summed E-state index contributed by atoms with van der Waals surface area (Å²) >= 11 is 0. The lowest BCUT2D eigenvalue weighted by atomic mass is 10.1. The molecule has 0 saturated heterocycles. The molecule has 0 aromatic carbocycles. The number of nitrogens with zero attached hydrogens (tertiary/aromatic N) is 1. The van der Waals surface area contributed by atoms with Crippen LogP contribution in [0.3, 0.4) is 0 Å². The molecule has 1 nitrogen and oxygen atoms in total. The second kappa shape index (κ2) is 19.0. The van der Waals surface area contributed by atoms with E-state index in [0.29, 0.717) is 0 Å². The SMILES string of the molecule is CCCCCCCCC[N+](CCCC)(CCCC)CCCC.[I-]. The predicted molar refractivity (Wildman–Crippen MR) is 102 cm³/mol. The van der Waals surface area contributed by atoms with E-state index in [1.165, 1.54) is 114 Å². The lowest BCUT2D eigenvalue weighted by Crippen LogP contribution is -3.00. The summed E-state index contributed by atoms with van der Waals surface area (Å²) in [6, 6.07) is 0. The molecular weight excluding hydrogens is 393 g/mol. The summed E-state index contributed by atoms with van der Waals surface area (Å²) in [5.41, 5.74) is 0. The van der Waals surface area contributed by atoms with Gasteiger partial charge in [-0.1, -0.05) is 79.1 Å². The molecule has 0 aliphatic heterocycles. The molecule has 0 radical (unpaired) electrons. The van der Waals surface area contributed by atoms with E-state index < -0.39 is 0 Å². The fraction of sp³-hybridized carbons (Fsp3) is 1.00. The van der Waals surface area contributed by atoms with Crippen LogP contribution in [0.25, 0.3) is 0 Å². The normalized spacial score (nSPS) is 11.5. The Hall–Kier alpha value is 0.690. The predicted octanol–water partition coefficient (Wildman–Crippen LogP) is 3.96.